The molecule has 0 radical (unpaired) electrons. The van der Waals surface area contributed by atoms with Crippen LogP contribution in [-0.2, 0) is 13.5 Å². The Balaban J connectivity index is 0.000000171. The molecule has 6 saturated carbocycles. The molecular weight excluding hydrogens is 738 g/mol. The van der Waals surface area contributed by atoms with Crippen LogP contribution in [0.2, 0.25) is 0 Å². The van der Waals surface area contributed by atoms with E-state index in [1.54, 1.807) is 154 Å². The molecule has 0 amide bonds. The molecule has 0 aromatic carbocycles. The number of hydrogen-bond donors (Lipinski definition) is 0. The average Bonchev–Trinajstić information content (AvgIpc) is 3.14. The molecule has 0 aromatic heterocycles. The zero-order valence-electron chi connectivity index (χ0n) is 31.1. The summed E-state index contributed by atoms with van der Waals surface area (Å²) in [5.74, 6) is 0. The Hall–Kier alpha value is 1.93. The molecular formula is C42H78Cl2P2Ru. The molecule has 6 aliphatic carbocycles. The van der Waals surface area contributed by atoms with E-state index in [1.165, 1.54) is 91.7 Å². The Kier molecular flexibility index (Phi) is 22.9. The van der Waals surface area contributed by atoms with Crippen molar-refractivity contribution in [1.29, 1.82) is 0 Å². The van der Waals surface area contributed by atoms with Crippen molar-refractivity contribution in [2.75, 3.05) is 0 Å². The molecule has 0 atom stereocenters. The maximum absolute atomic E-state index is 5.61. The fourth-order valence-corrected chi connectivity index (χ4v) is 21.6. The van der Waals surface area contributed by atoms with E-state index in [4.69, 9.17) is 19.4 Å². The second-order valence-corrected chi connectivity index (χ2v) is 28.6. The minimum absolute atomic E-state index is 0.385. The van der Waals surface area contributed by atoms with E-state index < -0.39 is 13.5 Å². The van der Waals surface area contributed by atoms with Gasteiger partial charge in [0.1, 0.15) is 0 Å². The zero-order valence-corrected chi connectivity index (χ0v) is 36.1. The first-order valence-corrected chi connectivity index (χ1v) is 30.1. The van der Waals surface area contributed by atoms with E-state index >= 15 is 0 Å². The standard InChI is InChI=1S/2C18H33P.C6H12.2ClH.Ru/c2*1-4-10-16(11-5-1)19(17-12-6-2-7-13-17)18-14-8-3-9-15-18;1-3-5-6-4-2;;;/h2*16-18H,1-15H2;1H,3-6H2,2H3;2*1H;/q;;;;;+2/p-2. The van der Waals surface area contributed by atoms with Crippen molar-refractivity contribution in [2.45, 2.75) is 259 Å². The van der Waals surface area contributed by atoms with E-state index in [0.29, 0.717) is 15.8 Å². The van der Waals surface area contributed by atoms with Crippen molar-refractivity contribution in [3.05, 3.63) is 0 Å². The number of hydrogen-bond acceptors (Lipinski definition) is 0. The van der Waals surface area contributed by atoms with Gasteiger partial charge in [0, 0.05) is 0 Å². The van der Waals surface area contributed by atoms with Crippen LogP contribution in [0.25, 0.3) is 0 Å². The summed E-state index contributed by atoms with van der Waals surface area (Å²) >= 11 is -1.43. The van der Waals surface area contributed by atoms with E-state index in [9.17, 15) is 0 Å². The van der Waals surface area contributed by atoms with Gasteiger partial charge in [-0.05, 0) is 111 Å². The molecule has 47 heavy (non-hydrogen) atoms. The Morgan fingerprint density at radius 2 is 0.638 bits per heavy atom. The van der Waals surface area contributed by atoms with Gasteiger partial charge >= 0.3 is 70.1 Å². The van der Waals surface area contributed by atoms with Gasteiger partial charge in [0.15, 0.2) is 0 Å². The average molecular weight is 817 g/mol. The van der Waals surface area contributed by atoms with Crippen LogP contribution in [0.1, 0.15) is 225 Å². The molecule has 0 bridgehead atoms. The molecule has 0 unspecified atom stereocenters. The Bertz CT molecular complexity index is 643. The van der Waals surface area contributed by atoms with Crippen LogP contribution in [0.15, 0.2) is 0 Å². The second kappa shape index (κ2) is 25.8. The number of halogens is 2. The second-order valence-electron chi connectivity index (χ2n) is 16.5. The summed E-state index contributed by atoms with van der Waals surface area (Å²) < 4.78 is 2.07. The molecule has 0 N–H and O–H groups in total. The molecule has 6 aliphatic rings. The van der Waals surface area contributed by atoms with Crippen LogP contribution in [0.3, 0.4) is 0 Å². The summed E-state index contributed by atoms with van der Waals surface area (Å²) in [6, 6.07) is 0. The molecule has 6 fully saturated rings. The van der Waals surface area contributed by atoms with Crippen LogP contribution in [0.5, 0.6) is 0 Å². The van der Waals surface area contributed by atoms with Crippen LogP contribution >= 0.6 is 35.2 Å². The van der Waals surface area contributed by atoms with Crippen molar-refractivity contribution in [3.63, 3.8) is 0 Å². The van der Waals surface area contributed by atoms with Crippen LogP contribution in [0.4, 0.5) is 0 Å². The van der Waals surface area contributed by atoms with Crippen molar-refractivity contribution in [3.8, 4) is 0 Å². The monoisotopic (exact) mass is 816 g/mol. The van der Waals surface area contributed by atoms with E-state index in [0.717, 1.165) is 6.42 Å². The van der Waals surface area contributed by atoms with Gasteiger partial charge in [0.05, 0.1) is 0 Å². The molecule has 6 rings (SSSR count). The van der Waals surface area contributed by atoms with Crippen LogP contribution in [-0.4, -0.2) is 38.6 Å². The summed E-state index contributed by atoms with van der Waals surface area (Å²) in [5.41, 5.74) is 7.14. The van der Waals surface area contributed by atoms with Crippen molar-refractivity contribution < 1.29 is 13.5 Å². The first kappa shape index (κ1) is 41.7. The van der Waals surface area contributed by atoms with Crippen molar-refractivity contribution in [2.24, 2.45) is 0 Å². The summed E-state index contributed by atoms with van der Waals surface area (Å²) in [6.45, 7) is 2.19. The maximum atomic E-state index is 5.61. The quantitative estimate of drug-likeness (QED) is 0.117. The predicted octanol–water partition coefficient (Wildman–Crippen LogP) is 16.2. The predicted molar refractivity (Wildman–Crippen MR) is 217 cm³/mol. The zero-order chi connectivity index (χ0) is 32.9. The Labute approximate surface area is 310 Å². The summed E-state index contributed by atoms with van der Waals surface area (Å²) in [4.78, 5) is 0. The third-order valence-corrected chi connectivity index (χ3v) is 23.5. The van der Waals surface area contributed by atoms with Gasteiger partial charge in [-0.2, -0.15) is 0 Å². The first-order chi connectivity index (χ1) is 23.2. The van der Waals surface area contributed by atoms with E-state index in [-0.39, 0.29) is 0 Å². The molecule has 0 heterocycles. The van der Waals surface area contributed by atoms with Crippen molar-refractivity contribution in [1.82, 2.24) is 0 Å². The van der Waals surface area contributed by atoms with Gasteiger partial charge in [-0.15, -0.1) is 0 Å². The SMILES string of the molecule is C1CCC(P(C2CCCCC2)C2CCCCC2)CC1.C1CCC(P(C2CCCCC2)C2CCCCC2)CC1.CCCCC[CH]=[Ru]([Cl])[Cl]. The van der Waals surface area contributed by atoms with Crippen LogP contribution in [0, 0.1) is 0 Å². The molecule has 5 heteroatoms. The topological polar surface area (TPSA) is 0 Å². The van der Waals surface area contributed by atoms with E-state index in [1.807, 2.05) is 0 Å². The fraction of sp³-hybridized carbons (Fsp3) is 0.976. The van der Waals surface area contributed by atoms with Crippen molar-refractivity contribution >= 4 is 39.8 Å². The van der Waals surface area contributed by atoms with Gasteiger partial charge in [-0.3, -0.25) is 0 Å². The van der Waals surface area contributed by atoms with E-state index in [2.05, 4.69) is 11.5 Å². The van der Waals surface area contributed by atoms with Gasteiger partial charge < -0.3 is 0 Å². The number of unbranched alkanes of at least 4 members (excludes halogenated alkanes) is 3. The van der Waals surface area contributed by atoms with Gasteiger partial charge in [-0.25, -0.2) is 0 Å². The molecule has 0 saturated heterocycles. The van der Waals surface area contributed by atoms with Gasteiger partial charge in [-0.1, -0.05) is 131 Å². The molecule has 0 aromatic rings. The Morgan fingerprint density at radius 1 is 0.404 bits per heavy atom. The van der Waals surface area contributed by atoms with Gasteiger partial charge in [0.2, 0.25) is 0 Å². The molecule has 0 spiro atoms. The first-order valence-electron chi connectivity index (χ1n) is 21.5. The van der Waals surface area contributed by atoms with Crippen LogP contribution < -0.4 is 0 Å². The Morgan fingerprint density at radius 3 is 0.830 bits per heavy atom. The number of rotatable bonds is 10. The molecule has 0 nitrogen and oxygen atoms in total. The summed E-state index contributed by atoms with van der Waals surface area (Å²) in [5, 5.41) is 0. The molecule has 278 valence electrons. The third kappa shape index (κ3) is 15.8. The van der Waals surface area contributed by atoms with Gasteiger partial charge in [0.25, 0.3) is 0 Å². The summed E-state index contributed by atoms with van der Waals surface area (Å²) in [6.07, 6.45) is 52.2. The fourth-order valence-electron chi connectivity index (χ4n) is 10.6. The summed E-state index contributed by atoms with van der Waals surface area (Å²) in [7, 11) is 12.0. The molecule has 0 aliphatic heterocycles. The normalized spacial score (nSPS) is 25.5. The minimum atomic E-state index is -1.43. The third-order valence-electron chi connectivity index (χ3n) is 13.0.